The number of carbonyl (C=O) groups excluding carboxylic acids is 2. The Morgan fingerprint density at radius 2 is 2.11 bits per heavy atom. The molecule has 136 valence electrons. The second-order valence-electron chi connectivity index (χ2n) is 6.06. The number of hydrogen-bond donors (Lipinski definition) is 4. The SMILES string of the molecule is Cc1nc2cc[nH]n2c(=O)c1CC(=O)Nc1ccc2[nH]nc(C(N)=O)c2c1. The highest BCUT2D eigenvalue weighted by Crippen LogP contribution is 2.20. The lowest BCUT2D eigenvalue weighted by Gasteiger charge is -2.07. The van der Waals surface area contributed by atoms with Gasteiger partial charge in [0.05, 0.1) is 11.9 Å². The van der Waals surface area contributed by atoms with E-state index in [1.54, 1.807) is 37.4 Å². The van der Waals surface area contributed by atoms with Crippen molar-refractivity contribution < 1.29 is 9.59 Å². The van der Waals surface area contributed by atoms with Crippen LogP contribution in [0.15, 0.2) is 35.3 Å². The number of benzene rings is 1. The fraction of sp³-hybridized carbons (Fsp3) is 0.118. The Morgan fingerprint density at radius 3 is 2.89 bits per heavy atom. The van der Waals surface area contributed by atoms with Gasteiger partial charge in [-0.2, -0.15) is 5.10 Å². The molecule has 0 radical (unpaired) electrons. The number of aryl methyl sites for hydroxylation is 1. The van der Waals surface area contributed by atoms with E-state index >= 15 is 0 Å². The van der Waals surface area contributed by atoms with Crippen molar-refractivity contribution in [3.8, 4) is 0 Å². The Hall–Kier alpha value is -3.95. The zero-order valence-electron chi connectivity index (χ0n) is 14.2. The summed E-state index contributed by atoms with van der Waals surface area (Å²) in [7, 11) is 0. The first-order valence-electron chi connectivity index (χ1n) is 8.07. The fourth-order valence-corrected chi connectivity index (χ4v) is 2.95. The molecule has 0 spiro atoms. The van der Waals surface area contributed by atoms with E-state index < -0.39 is 5.91 Å². The highest BCUT2D eigenvalue weighted by atomic mass is 16.2. The molecule has 0 unspecified atom stereocenters. The van der Waals surface area contributed by atoms with Crippen LogP contribution < -0.4 is 16.6 Å². The largest absolute Gasteiger partial charge is 0.364 e. The lowest BCUT2D eigenvalue weighted by molar-refractivity contribution is -0.115. The third-order valence-electron chi connectivity index (χ3n) is 4.26. The number of H-pyrrole nitrogens is 2. The zero-order valence-corrected chi connectivity index (χ0v) is 14.2. The van der Waals surface area contributed by atoms with Crippen molar-refractivity contribution >= 4 is 34.1 Å². The lowest BCUT2D eigenvalue weighted by Crippen LogP contribution is -2.26. The molecule has 10 heteroatoms. The van der Waals surface area contributed by atoms with Crippen molar-refractivity contribution in [2.24, 2.45) is 5.73 Å². The van der Waals surface area contributed by atoms with E-state index in [2.05, 4.69) is 25.6 Å². The van der Waals surface area contributed by atoms with Crippen LogP contribution >= 0.6 is 0 Å². The van der Waals surface area contributed by atoms with Crippen molar-refractivity contribution in [2.45, 2.75) is 13.3 Å². The minimum Gasteiger partial charge on any atom is -0.364 e. The maximum absolute atomic E-state index is 12.5. The molecular weight excluding hydrogens is 350 g/mol. The Balaban J connectivity index is 1.61. The molecule has 2 amide bonds. The maximum atomic E-state index is 12.5. The minimum atomic E-state index is -0.668. The summed E-state index contributed by atoms with van der Waals surface area (Å²) in [6.07, 6.45) is 1.47. The van der Waals surface area contributed by atoms with Crippen molar-refractivity contribution in [3.63, 3.8) is 0 Å². The molecule has 0 bridgehead atoms. The average molecular weight is 365 g/mol. The summed E-state index contributed by atoms with van der Waals surface area (Å²) in [4.78, 5) is 40.7. The number of carbonyl (C=O) groups is 2. The van der Waals surface area contributed by atoms with Gasteiger partial charge in [0.15, 0.2) is 11.3 Å². The van der Waals surface area contributed by atoms with Crippen LogP contribution in [0.1, 0.15) is 21.7 Å². The number of aromatic nitrogens is 5. The topological polar surface area (TPSA) is 151 Å². The molecule has 4 rings (SSSR count). The number of hydrogen-bond acceptors (Lipinski definition) is 5. The highest BCUT2D eigenvalue weighted by Gasteiger charge is 2.16. The standard InChI is InChI=1S/C17H15N7O3/c1-8-10(17(27)24-13(20-8)4-5-19-24)7-14(25)21-9-2-3-12-11(6-9)15(16(18)26)23-22-12/h2-6,19H,7H2,1H3,(H2,18,26)(H,21,25)(H,22,23). The van der Waals surface area contributed by atoms with Crippen molar-refractivity contribution in [2.75, 3.05) is 5.32 Å². The number of anilines is 1. The molecule has 4 aromatic rings. The first-order valence-corrected chi connectivity index (χ1v) is 8.07. The first-order chi connectivity index (χ1) is 12.9. The molecule has 0 aliphatic rings. The number of amides is 2. The van der Waals surface area contributed by atoms with Gasteiger partial charge in [0.1, 0.15) is 0 Å². The zero-order chi connectivity index (χ0) is 19.1. The van der Waals surface area contributed by atoms with Gasteiger partial charge in [0.2, 0.25) is 5.91 Å². The number of rotatable bonds is 4. The molecule has 3 aromatic heterocycles. The third-order valence-corrected chi connectivity index (χ3v) is 4.26. The van der Waals surface area contributed by atoms with Gasteiger partial charge in [-0.25, -0.2) is 9.50 Å². The summed E-state index contributed by atoms with van der Waals surface area (Å²) in [5.74, 6) is -1.05. The van der Waals surface area contributed by atoms with Crippen LogP contribution in [0.5, 0.6) is 0 Å². The van der Waals surface area contributed by atoms with Crippen LogP contribution in [0.25, 0.3) is 16.6 Å². The molecule has 5 N–H and O–H groups in total. The van der Waals surface area contributed by atoms with E-state index in [0.29, 0.717) is 33.5 Å². The predicted molar refractivity (Wildman–Crippen MR) is 97.5 cm³/mol. The van der Waals surface area contributed by atoms with E-state index in [0.717, 1.165) is 0 Å². The second kappa shape index (κ2) is 6.09. The third kappa shape index (κ3) is 2.82. The van der Waals surface area contributed by atoms with Crippen molar-refractivity contribution in [1.82, 2.24) is 24.8 Å². The average Bonchev–Trinajstić information content (AvgIpc) is 3.24. The molecule has 0 fully saturated rings. The summed E-state index contributed by atoms with van der Waals surface area (Å²) in [5, 5.41) is 12.6. The van der Waals surface area contributed by atoms with Gasteiger partial charge in [-0.15, -0.1) is 0 Å². The number of aromatic amines is 2. The number of fused-ring (bicyclic) bond motifs is 2. The van der Waals surface area contributed by atoms with Gasteiger partial charge in [0.25, 0.3) is 11.5 Å². The summed E-state index contributed by atoms with van der Waals surface area (Å²) in [6.45, 7) is 1.69. The normalized spacial score (nSPS) is 11.1. The maximum Gasteiger partial charge on any atom is 0.276 e. The van der Waals surface area contributed by atoms with Crippen LogP contribution in [0.4, 0.5) is 5.69 Å². The lowest BCUT2D eigenvalue weighted by atomic mass is 10.1. The van der Waals surface area contributed by atoms with Crippen LogP contribution in [-0.2, 0) is 11.2 Å². The molecule has 1 aromatic carbocycles. The van der Waals surface area contributed by atoms with Gasteiger partial charge < -0.3 is 11.1 Å². The summed E-state index contributed by atoms with van der Waals surface area (Å²) in [6, 6.07) is 6.62. The molecule has 27 heavy (non-hydrogen) atoms. The monoisotopic (exact) mass is 365 g/mol. The predicted octanol–water partition coefficient (Wildman–Crippen LogP) is 0.487. The highest BCUT2D eigenvalue weighted by molar-refractivity contribution is 6.05. The smallest absolute Gasteiger partial charge is 0.276 e. The molecule has 3 heterocycles. The molecular formula is C17H15N7O3. The van der Waals surface area contributed by atoms with Crippen LogP contribution in [0.2, 0.25) is 0 Å². The number of nitrogens with two attached hydrogens (primary N) is 1. The Labute approximate surface area is 151 Å². The summed E-state index contributed by atoms with van der Waals surface area (Å²) >= 11 is 0. The van der Waals surface area contributed by atoms with Crippen LogP contribution in [-0.4, -0.2) is 36.6 Å². The summed E-state index contributed by atoms with van der Waals surface area (Å²) in [5.41, 5.74) is 7.44. The van der Waals surface area contributed by atoms with E-state index in [1.165, 1.54) is 4.52 Å². The Morgan fingerprint density at radius 1 is 1.30 bits per heavy atom. The van der Waals surface area contributed by atoms with Crippen LogP contribution in [0, 0.1) is 6.92 Å². The molecule has 0 aliphatic carbocycles. The van der Waals surface area contributed by atoms with E-state index in [1.807, 2.05) is 0 Å². The molecule has 0 saturated heterocycles. The van der Waals surface area contributed by atoms with Gasteiger partial charge in [-0.3, -0.25) is 24.6 Å². The van der Waals surface area contributed by atoms with E-state index in [9.17, 15) is 14.4 Å². The molecule has 0 aliphatic heterocycles. The Bertz CT molecular complexity index is 1260. The van der Waals surface area contributed by atoms with E-state index in [-0.39, 0.29) is 23.6 Å². The quantitative estimate of drug-likeness (QED) is 0.415. The number of nitrogens with zero attached hydrogens (tertiary/aromatic N) is 3. The van der Waals surface area contributed by atoms with Gasteiger partial charge in [0, 0.05) is 34.6 Å². The Kier molecular flexibility index (Phi) is 3.73. The number of primary amides is 1. The van der Waals surface area contributed by atoms with Crippen LogP contribution in [0.3, 0.4) is 0 Å². The van der Waals surface area contributed by atoms with Gasteiger partial charge in [-0.1, -0.05) is 0 Å². The van der Waals surface area contributed by atoms with Crippen molar-refractivity contribution in [3.05, 3.63) is 57.8 Å². The number of nitrogens with one attached hydrogen (secondary N) is 3. The molecule has 0 atom stereocenters. The second-order valence-corrected chi connectivity index (χ2v) is 6.06. The van der Waals surface area contributed by atoms with Crippen molar-refractivity contribution in [1.29, 1.82) is 0 Å². The molecule has 0 saturated carbocycles. The van der Waals surface area contributed by atoms with Gasteiger partial charge in [-0.05, 0) is 25.1 Å². The first kappa shape index (κ1) is 16.5. The fourth-order valence-electron chi connectivity index (χ4n) is 2.95. The minimum absolute atomic E-state index is 0.0941. The summed E-state index contributed by atoms with van der Waals surface area (Å²) < 4.78 is 1.28. The molecule has 10 nitrogen and oxygen atoms in total. The van der Waals surface area contributed by atoms with Gasteiger partial charge >= 0.3 is 0 Å². The van der Waals surface area contributed by atoms with E-state index in [4.69, 9.17) is 5.73 Å².